The molecule has 160 valence electrons. The van der Waals surface area contributed by atoms with E-state index in [0.29, 0.717) is 22.5 Å². The summed E-state index contributed by atoms with van der Waals surface area (Å²) in [5.74, 6) is -2.14. The van der Waals surface area contributed by atoms with Crippen LogP contribution in [0.25, 0.3) is 6.08 Å². The van der Waals surface area contributed by atoms with Crippen molar-refractivity contribution in [1.82, 2.24) is 4.90 Å². The predicted molar refractivity (Wildman–Crippen MR) is 114 cm³/mol. The standard InChI is InChI=1S/C19H14ClN3O7S/c1-30-14-7-10(6-13(17(14)25)23(28)29)8-15-18(26)22(19(27)31-15)9-16(24)21-12-4-2-11(20)3-5-12/h2-8,25H,9H2,1H3,(H,21,24)/b15-8+. The topological polar surface area (TPSA) is 139 Å². The third-order valence-electron chi connectivity index (χ3n) is 4.09. The smallest absolute Gasteiger partial charge is 0.315 e. The second-order valence-electron chi connectivity index (χ2n) is 6.17. The first-order valence-electron chi connectivity index (χ1n) is 8.55. The van der Waals surface area contributed by atoms with Gasteiger partial charge in [-0.15, -0.1) is 0 Å². The Kier molecular flexibility index (Phi) is 6.47. The van der Waals surface area contributed by atoms with E-state index in [-0.39, 0.29) is 16.2 Å². The molecule has 3 rings (SSSR count). The number of thioether (sulfide) groups is 1. The quantitative estimate of drug-likeness (QED) is 0.376. The zero-order valence-electron chi connectivity index (χ0n) is 15.8. The molecule has 0 atom stereocenters. The van der Waals surface area contributed by atoms with Gasteiger partial charge >= 0.3 is 5.69 Å². The molecule has 31 heavy (non-hydrogen) atoms. The van der Waals surface area contributed by atoms with E-state index in [1.807, 2.05) is 0 Å². The third kappa shape index (κ3) is 4.95. The molecule has 1 fully saturated rings. The first kappa shape index (κ1) is 22.1. The molecule has 0 radical (unpaired) electrons. The number of nitro groups is 1. The SMILES string of the molecule is COc1cc(/C=C2/SC(=O)N(CC(=O)Nc3ccc(Cl)cc3)C2=O)cc([N+](=O)[O-])c1O. The third-order valence-corrected chi connectivity index (χ3v) is 5.25. The van der Waals surface area contributed by atoms with E-state index in [0.717, 1.165) is 11.0 Å². The molecule has 2 aromatic rings. The highest BCUT2D eigenvalue weighted by atomic mass is 35.5. The van der Waals surface area contributed by atoms with Crippen molar-refractivity contribution in [3.63, 3.8) is 0 Å². The van der Waals surface area contributed by atoms with Gasteiger partial charge < -0.3 is 15.2 Å². The average Bonchev–Trinajstić information content (AvgIpc) is 2.98. The number of phenols is 1. The minimum atomic E-state index is -0.804. The lowest BCUT2D eigenvalue weighted by Crippen LogP contribution is -2.36. The number of halogens is 1. The second kappa shape index (κ2) is 9.06. The van der Waals surface area contributed by atoms with Gasteiger partial charge in [-0.3, -0.25) is 29.4 Å². The molecular formula is C19H14ClN3O7S. The number of carbonyl (C=O) groups is 3. The first-order chi connectivity index (χ1) is 14.7. The Bertz CT molecular complexity index is 1120. The summed E-state index contributed by atoms with van der Waals surface area (Å²) in [6.45, 7) is -0.510. The molecule has 0 saturated carbocycles. The summed E-state index contributed by atoms with van der Waals surface area (Å²) in [6.07, 6.45) is 1.25. The van der Waals surface area contributed by atoms with Crippen molar-refractivity contribution in [2.75, 3.05) is 19.0 Å². The van der Waals surface area contributed by atoms with Gasteiger partial charge in [-0.25, -0.2) is 0 Å². The zero-order valence-corrected chi connectivity index (χ0v) is 17.4. The summed E-state index contributed by atoms with van der Waals surface area (Å²) in [5.41, 5.74) is -0.00921. The van der Waals surface area contributed by atoms with Crippen LogP contribution >= 0.6 is 23.4 Å². The van der Waals surface area contributed by atoms with Crippen molar-refractivity contribution in [2.24, 2.45) is 0 Å². The molecule has 2 aromatic carbocycles. The van der Waals surface area contributed by atoms with Crippen LogP contribution in [0.4, 0.5) is 16.2 Å². The summed E-state index contributed by atoms with van der Waals surface area (Å²) in [6, 6.07) is 8.61. The number of methoxy groups -OCH3 is 1. The maximum Gasteiger partial charge on any atom is 0.315 e. The highest BCUT2D eigenvalue weighted by Gasteiger charge is 2.36. The molecule has 0 spiro atoms. The lowest BCUT2D eigenvalue weighted by Gasteiger charge is -2.12. The van der Waals surface area contributed by atoms with Gasteiger partial charge in [-0.2, -0.15) is 0 Å². The highest BCUT2D eigenvalue weighted by Crippen LogP contribution is 2.39. The Labute approximate surface area is 184 Å². The van der Waals surface area contributed by atoms with Crippen LogP contribution < -0.4 is 10.1 Å². The Morgan fingerprint density at radius 2 is 2.00 bits per heavy atom. The van der Waals surface area contributed by atoms with Crippen molar-refractivity contribution >= 4 is 57.9 Å². The van der Waals surface area contributed by atoms with Crippen molar-refractivity contribution in [3.05, 3.63) is 62.0 Å². The Balaban J connectivity index is 1.79. The maximum absolute atomic E-state index is 12.6. The molecule has 10 nitrogen and oxygen atoms in total. The van der Waals surface area contributed by atoms with Crippen molar-refractivity contribution < 1.29 is 29.2 Å². The fourth-order valence-corrected chi connectivity index (χ4v) is 3.62. The highest BCUT2D eigenvalue weighted by molar-refractivity contribution is 8.18. The molecule has 1 heterocycles. The number of imide groups is 1. The van der Waals surface area contributed by atoms with Gasteiger partial charge in [-0.05, 0) is 53.7 Å². The number of nitrogens with one attached hydrogen (secondary N) is 1. The van der Waals surface area contributed by atoms with Gasteiger partial charge in [0.25, 0.3) is 11.1 Å². The van der Waals surface area contributed by atoms with E-state index in [2.05, 4.69) is 5.32 Å². The molecular weight excluding hydrogens is 450 g/mol. The lowest BCUT2D eigenvalue weighted by atomic mass is 10.1. The molecule has 0 aliphatic carbocycles. The number of nitrogens with zero attached hydrogens (tertiary/aromatic N) is 2. The van der Waals surface area contributed by atoms with Gasteiger partial charge in [0, 0.05) is 16.8 Å². The molecule has 0 unspecified atom stereocenters. The van der Waals surface area contributed by atoms with Crippen molar-refractivity contribution in [1.29, 1.82) is 0 Å². The van der Waals surface area contributed by atoms with Crippen LogP contribution in [0.3, 0.4) is 0 Å². The Morgan fingerprint density at radius 3 is 2.61 bits per heavy atom. The summed E-state index contributed by atoms with van der Waals surface area (Å²) >= 11 is 6.37. The van der Waals surface area contributed by atoms with Gasteiger partial charge in [0.2, 0.25) is 11.7 Å². The number of hydrogen-bond acceptors (Lipinski definition) is 8. The Hall–Kier alpha value is -3.57. The number of ether oxygens (including phenoxy) is 1. The number of anilines is 1. The normalized spacial score (nSPS) is 14.8. The molecule has 0 aromatic heterocycles. The van der Waals surface area contributed by atoms with Crippen LogP contribution in [0.15, 0.2) is 41.3 Å². The molecule has 0 bridgehead atoms. The number of benzene rings is 2. The average molecular weight is 464 g/mol. The molecule has 1 aliphatic rings. The van der Waals surface area contributed by atoms with E-state index in [4.69, 9.17) is 16.3 Å². The summed E-state index contributed by atoms with van der Waals surface area (Å²) in [4.78, 5) is 48.1. The lowest BCUT2D eigenvalue weighted by molar-refractivity contribution is -0.386. The van der Waals surface area contributed by atoms with E-state index >= 15 is 0 Å². The van der Waals surface area contributed by atoms with Crippen molar-refractivity contribution in [2.45, 2.75) is 0 Å². The van der Waals surface area contributed by atoms with Crippen LogP contribution in [0.2, 0.25) is 5.02 Å². The van der Waals surface area contributed by atoms with Crippen LogP contribution in [-0.2, 0) is 9.59 Å². The predicted octanol–water partition coefficient (Wildman–Crippen LogP) is 3.64. The summed E-state index contributed by atoms with van der Waals surface area (Å²) in [5, 5.41) is 23.3. The number of hydrogen-bond donors (Lipinski definition) is 2. The van der Waals surface area contributed by atoms with Crippen LogP contribution in [0, 0.1) is 10.1 Å². The largest absolute Gasteiger partial charge is 0.500 e. The van der Waals surface area contributed by atoms with E-state index in [1.165, 1.54) is 19.3 Å². The molecule has 1 saturated heterocycles. The number of amides is 3. The van der Waals surface area contributed by atoms with E-state index in [1.54, 1.807) is 24.3 Å². The Morgan fingerprint density at radius 1 is 1.32 bits per heavy atom. The number of nitro benzene ring substituents is 1. The van der Waals surface area contributed by atoms with Gasteiger partial charge in [0.1, 0.15) is 6.54 Å². The number of phenolic OH excluding ortho intramolecular Hbond substituents is 1. The number of aromatic hydroxyl groups is 1. The van der Waals surface area contributed by atoms with Crippen LogP contribution in [0.5, 0.6) is 11.5 Å². The van der Waals surface area contributed by atoms with E-state index < -0.39 is 40.0 Å². The summed E-state index contributed by atoms with van der Waals surface area (Å²) < 4.78 is 4.91. The first-order valence-corrected chi connectivity index (χ1v) is 9.75. The second-order valence-corrected chi connectivity index (χ2v) is 7.60. The maximum atomic E-state index is 12.6. The molecule has 2 N–H and O–H groups in total. The zero-order chi connectivity index (χ0) is 22.7. The van der Waals surface area contributed by atoms with Crippen LogP contribution in [0.1, 0.15) is 5.56 Å². The number of rotatable bonds is 6. The van der Waals surface area contributed by atoms with Gasteiger partial charge in [0.05, 0.1) is 16.9 Å². The van der Waals surface area contributed by atoms with Crippen LogP contribution in [-0.4, -0.2) is 45.6 Å². The fourth-order valence-electron chi connectivity index (χ4n) is 2.66. The summed E-state index contributed by atoms with van der Waals surface area (Å²) in [7, 11) is 1.22. The molecule has 3 amide bonds. The minimum Gasteiger partial charge on any atom is -0.500 e. The van der Waals surface area contributed by atoms with Crippen molar-refractivity contribution in [3.8, 4) is 11.5 Å². The molecule has 12 heteroatoms. The van der Waals surface area contributed by atoms with E-state index in [9.17, 15) is 29.6 Å². The van der Waals surface area contributed by atoms with Gasteiger partial charge in [-0.1, -0.05) is 11.6 Å². The van der Waals surface area contributed by atoms with Gasteiger partial charge in [0.15, 0.2) is 5.75 Å². The number of carbonyl (C=O) groups excluding carboxylic acids is 3. The minimum absolute atomic E-state index is 0.0358. The monoisotopic (exact) mass is 463 g/mol. The molecule has 1 aliphatic heterocycles. The fraction of sp³-hybridized carbons (Fsp3) is 0.105.